The van der Waals surface area contributed by atoms with Crippen LogP contribution in [-0.2, 0) is 14.3 Å². The highest BCUT2D eigenvalue weighted by atomic mass is 16.5. The van der Waals surface area contributed by atoms with Gasteiger partial charge in [-0.05, 0) is 70.6 Å². The molecule has 1 atom stereocenters. The van der Waals surface area contributed by atoms with Crippen LogP contribution in [0.15, 0.2) is 48.6 Å². The molecule has 0 rings (SSSR count). The molecule has 4 heteroatoms. The van der Waals surface area contributed by atoms with Crippen LogP contribution < -0.4 is 0 Å². The zero-order valence-corrected chi connectivity index (χ0v) is 33.2. The SMILES string of the molecule is CCCCC/C=C\C/C=C\C/C=C\C/C=C\CCCCCC(=O)OC(CCCCCCCCCCCCCCCCCCCC)CCC(=O)O. The molecule has 0 fully saturated rings. The van der Waals surface area contributed by atoms with E-state index in [1.165, 1.54) is 128 Å². The Balaban J connectivity index is 3.78. The van der Waals surface area contributed by atoms with Gasteiger partial charge in [-0.1, -0.05) is 191 Å². The van der Waals surface area contributed by atoms with Crippen LogP contribution in [0, 0.1) is 0 Å². The lowest BCUT2D eigenvalue weighted by Crippen LogP contribution is -2.19. The van der Waals surface area contributed by atoms with Crippen molar-refractivity contribution in [2.45, 2.75) is 232 Å². The molecule has 0 spiro atoms. The number of esters is 1. The second kappa shape index (κ2) is 41.3. The van der Waals surface area contributed by atoms with Crippen molar-refractivity contribution >= 4 is 11.9 Å². The quantitative estimate of drug-likeness (QED) is 0.0394. The third-order valence-electron chi connectivity index (χ3n) is 9.57. The second-order valence-electron chi connectivity index (χ2n) is 14.5. The molecule has 0 aliphatic heterocycles. The molecule has 0 heterocycles. The number of hydrogen-bond acceptors (Lipinski definition) is 3. The smallest absolute Gasteiger partial charge is 0.306 e. The van der Waals surface area contributed by atoms with Crippen molar-refractivity contribution < 1.29 is 19.4 Å². The maximum atomic E-state index is 12.5. The van der Waals surface area contributed by atoms with E-state index in [1.807, 2.05) is 0 Å². The summed E-state index contributed by atoms with van der Waals surface area (Å²) < 4.78 is 5.74. The Hall–Kier alpha value is -2.10. The highest BCUT2D eigenvalue weighted by Gasteiger charge is 2.15. The van der Waals surface area contributed by atoms with Gasteiger partial charge in [0.1, 0.15) is 6.10 Å². The van der Waals surface area contributed by atoms with E-state index < -0.39 is 5.97 Å². The normalized spacial score (nSPS) is 12.7. The van der Waals surface area contributed by atoms with Crippen molar-refractivity contribution in [3.05, 3.63) is 48.6 Å². The van der Waals surface area contributed by atoms with Gasteiger partial charge in [0.15, 0.2) is 0 Å². The number of carbonyl (C=O) groups is 2. The number of aliphatic carboxylic acids is 1. The largest absolute Gasteiger partial charge is 0.481 e. The summed E-state index contributed by atoms with van der Waals surface area (Å²) >= 11 is 0. The number of ether oxygens (including phenoxy) is 1. The fourth-order valence-electron chi connectivity index (χ4n) is 6.33. The van der Waals surface area contributed by atoms with Crippen LogP contribution in [0.1, 0.15) is 226 Å². The molecule has 0 aromatic heterocycles. The molecule has 1 unspecified atom stereocenters. The zero-order chi connectivity index (χ0) is 36.4. The summed E-state index contributed by atoms with van der Waals surface area (Å²) in [6.45, 7) is 4.53. The van der Waals surface area contributed by atoms with E-state index in [2.05, 4.69) is 62.5 Å². The Kier molecular flexibility index (Phi) is 39.6. The van der Waals surface area contributed by atoms with Gasteiger partial charge in [0, 0.05) is 12.8 Å². The van der Waals surface area contributed by atoms with E-state index in [4.69, 9.17) is 9.84 Å². The van der Waals surface area contributed by atoms with Crippen molar-refractivity contribution in [2.75, 3.05) is 0 Å². The lowest BCUT2D eigenvalue weighted by Gasteiger charge is -2.17. The average Bonchev–Trinajstić information content (AvgIpc) is 3.10. The lowest BCUT2D eigenvalue weighted by atomic mass is 10.0. The molecule has 0 bridgehead atoms. The van der Waals surface area contributed by atoms with Crippen molar-refractivity contribution in [3.8, 4) is 0 Å². The topological polar surface area (TPSA) is 63.6 Å². The minimum absolute atomic E-state index is 0.0616. The number of carbonyl (C=O) groups excluding carboxylic acids is 1. The van der Waals surface area contributed by atoms with Crippen LogP contribution in [0.4, 0.5) is 0 Å². The van der Waals surface area contributed by atoms with E-state index in [-0.39, 0.29) is 18.5 Å². The molecular formula is C46H82O4. The number of hydrogen-bond donors (Lipinski definition) is 1. The van der Waals surface area contributed by atoms with Gasteiger partial charge in [-0.3, -0.25) is 9.59 Å². The first kappa shape index (κ1) is 47.9. The Morgan fingerprint density at radius 3 is 1.24 bits per heavy atom. The third kappa shape index (κ3) is 40.3. The van der Waals surface area contributed by atoms with E-state index >= 15 is 0 Å². The third-order valence-corrected chi connectivity index (χ3v) is 9.57. The van der Waals surface area contributed by atoms with E-state index in [0.717, 1.165) is 64.2 Å². The van der Waals surface area contributed by atoms with Gasteiger partial charge in [0.2, 0.25) is 0 Å². The monoisotopic (exact) mass is 699 g/mol. The Labute approximate surface area is 311 Å². The highest BCUT2D eigenvalue weighted by molar-refractivity contribution is 5.69. The molecule has 1 N–H and O–H groups in total. The number of unbranched alkanes of at least 4 members (excludes halogenated alkanes) is 23. The summed E-state index contributed by atoms with van der Waals surface area (Å²) in [5, 5.41) is 9.15. The molecule has 0 aromatic carbocycles. The molecule has 0 aliphatic carbocycles. The summed E-state index contributed by atoms with van der Waals surface area (Å²) in [5.41, 5.74) is 0. The predicted molar refractivity (Wildman–Crippen MR) is 218 cm³/mol. The fraction of sp³-hybridized carbons (Fsp3) is 0.783. The van der Waals surface area contributed by atoms with Crippen molar-refractivity contribution in [3.63, 3.8) is 0 Å². The highest BCUT2D eigenvalue weighted by Crippen LogP contribution is 2.18. The zero-order valence-electron chi connectivity index (χ0n) is 33.2. The van der Waals surface area contributed by atoms with E-state index in [9.17, 15) is 9.59 Å². The van der Waals surface area contributed by atoms with Gasteiger partial charge in [-0.15, -0.1) is 0 Å². The molecule has 0 aromatic rings. The predicted octanol–water partition coefficient (Wildman–Crippen LogP) is 15.1. The molecular weight excluding hydrogens is 617 g/mol. The fourth-order valence-corrected chi connectivity index (χ4v) is 6.33. The molecule has 0 amide bonds. The summed E-state index contributed by atoms with van der Waals surface area (Å²) in [7, 11) is 0. The Morgan fingerprint density at radius 2 is 0.800 bits per heavy atom. The summed E-state index contributed by atoms with van der Waals surface area (Å²) in [6, 6.07) is 0. The van der Waals surface area contributed by atoms with Crippen LogP contribution in [0.3, 0.4) is 0 Å². The molecule has 0 aliphatic rings. The molecule has 4 nitrogen and oxygen atoms in total. The van der Waals surface area contributed by atoms with Crippen molar-refractivity contribution in [1.82, 2.24) is 0 Å². The van der Waals surface area contributed by atoms with Gasteiger partial charge < -0.3 is 9.84 Å². The van der Waals surface area contributed by atoms with Crippen LogP contribution in [0.5, 0.6) is 0 Å². The number of carboxylic acids is 1. The molecule has 0 radical (unpaired) electrons. The minimum Gasteiger partial charge on any atom is -0.481 e. The average molecular weight is 699 g/mol. The van der Waals surface area contributed by atoms with Gasteiger partial charge >= 0.3 is 11.9 Å². The number of rotatable bonds is 39. The molecule has 290 valence electrons. The van der Waals surface area contributed by atoms with Crippen molar-refractivity contribution in [1.29, 1.82) is 0 Å². The molecule has 50 heavy (non-hydrogen) atoms. The summed E-state index contributed by atoms with van der Waals surface area (Å²) in [6.07, 6.45) is 55.6. The summed E-state index contributed by atoms with van der Waals surface area (Å²) in [4.78, 5) is 23.6. The van der Waals surface area contributed by atoms with Gasteiger partial charge in [-0.2, -0.15) is 0 Å². The maximum absolute atomic E-state index is 12.5. The summed E-state index contributed by atoms with van der Waals surface area (Å²) in [5.74, 6) is -0.985. The van der Waals surface area contributed by atoms with Crippen LogP contribution in [-0.4, -0.2) is 23.1 Å². The van der Waals surface area contributed by atoms with Gasteiger partial charge in [0.25, 0.3) is 0 Å². The van der Waals surface area contributed by atoms with Gasteiger partial charge in [-0.25, -0.2) is 0 Å². The molecule has 0 saturated carbocycles. The maximum Gasteiger partial charge on any atom is 0.306 e. The Bertz CT molecular complexity index is 839. The second-order valence-corrected chi connectivity index (χ2v) is 14.5. The lowest BCUT2D eigenvalue weighted by molar-refractivity contribution is -0.151. The van der Waals surface area contributed by atoms with E-state index in [0.29, 0.717) is 12.8 Å². The van der Waals surface area contributed by atoms with Crippen LogP contribution >= 0.6 is 0 Å². The van der Waals surface area contributed by atoms with Crippen LogP contribution in [0.2, 0.25) is 0 Å². The first-order valence-corrected chi connectivity index (χ1v) is 21.6. The minimum atomic E-state index is -0.819. The first-order valence-electron chi connectivity index (χ1n) is 21.6. The van der Waals surface area contributed by atoms with Crippen molar-refractivity contribution in [2.24, 2.45) is 0 Å². The number of allylic oxidation sites excluding steroid dienone is 8. The Morgan fingerprint density at radius 1 is 0.440 bits per heavy atom. The van der Waals surface area contributed by atoms with Gasteiger partial charge in [0.05, 0.1) is 0 Å². The molecule has 0 saturated heterocycles. The number of carboxylic acid groups (broad SMARTS) is 1. The first-order chi connectivity index (χ1) is 24.6. The standard InChI is InChI=1S/C46H82O4/c1-3-5-7-9-11-13-15-17-19-21-23-25-27-29-31-33-35-37-39-41-46(49)50-44(42-43-45(47)48)40-38-36-34-32-30-28-26-24-22-20-18-16-14-12-10-8-6-4-2/h11,13,17,19,23,25,29,31,44H,3-10,12,14-16,18,20-22,24,26-28,30,32-43H2,1-2H3,(H,47,48)/b13-11-,19-17-,25-23-,31-29-. The van der Waals surface area contributed by atoms with Crippen LogP contribution in [0.25, 0.3) is 0 Å². The van der Waals surface area contributed by atoms with E-state index in [1.54, 1.807) is 0 Å².